The van der Waals surface area contributed by atoms with Gasteiger partial charge in [0.05, 0.1) is 18.1 Å². The third-order valence-corrected chi connectivity index (χ3v) is 2.91. The van der Waals surface area contributed by atoms with Crippen molar-refractivity contribution in [3.05, 3.63) is 28.8 Å². The number of hydrogen-bond acceptors (Lipinski definition) is 3. The van der Waals surface area contributed by atoms with E-state index in [1.807, 2.05) is 13.8 Å². The van der Waals surface area contributed by atoms with Gasteiger partial charge in [0.1, 0.15) is 11.3 Å². The molecule has 0 aliphatic heterocycles. The van der Waals surface area contributed by atoms with E-state index in [1.54, 1.807) is 12.1 Å². The van der Waals surface area contributed by atoms with Gasteiger partial charge in [-0.2, -0.15) is 5.26 Å². The largest absolute Gasteiger partial charge is 0.493 e. The van der Waals surface area contributed by atoms with Crippen molar-refractivity contribution < 1.29 is 14.6 Å². The van der Waals surface area contributed by atoms with Crippen LogP contribution in [0.3, 0.4) is 0 Å². The van der Waals surface area contributed by atoms with Crippen LogP contribution < -0.4 is 4.74 Å². The van der Waals surface area contributed by atoms with E-state index in [1.165, 1.54) is 6.07 Å². The second-order valence-electron chi connectivity index (χ2n) is 4.89. The van der Waals surface area contributed by atoms with Crippen molar-refractivity contribution in [2.45, 2.75) is 26.7 Å². The molecule has 0 saturated heterocycles. The zero-order valence-corrected chi connectivity index (χ0v) is 11.7. The fourth-order valence-corrected chi connectivity index (χ4v) is 1.72. The van der Waals surface area contributed by atoms with Gasteiger partial charge in [0.15, 0.2) is 0 Å². The molecule has 1 rings (SSSR count). The molecule has 0 aliphatic carbocycles. The lowest BCUT2D eigenvalue weighted by atomic mass is 9.90. The van der Waals surface area contributed by atoms with E-state index in [4.69, 9.17) is 26.7 Å². The van der Waals surface area contributed by atoms with E-state index in [-0.39, 0.29) is 11.0 Å². The van der Waals surface area contributed by atoms with Crippen LogP contribution in [0.1, 0.15) is 37.0 Å². The molecular formula is C14H16ClNO3. The summed E-state index contributed by atoms with van der Waals surface area (Å²) in [6.07, 6.45) is 1.38. The Labute approximate surface area is 117 Å². The number of carboxylic acid groups (broad SMARTS) is 1. The van der Waals surface area contributed by atoms with E-state index in [0.717, 1.165) is 0 Å². The maximum atomic E-state index is 11.0. The quantitative estimate of drug-likeness (QED) is 0.806. The number of rotatable bonds is 6. The van der Waals surface area contributed by atoms with Crippen molar-refractivity contribution in [2.24, 2.45) is 5.41 Å². The van der Waals surface area contributed by atoms with Gasteiger partial charge in [-0.15, -0.1) is 0 Å². The highest BCUT2D eigenvalue weighted by Gasteiger charge is 2.16. The highest BCUT2D eigenvalue weighted by atomic mass is 35.5. The number of carbonyl (C=O) groups is 1. The topological polar surface area (TPSA) is 70.3 Å². The molecule has 102 valence electrons. The van der Waals surface area contributed by atoms with Crippen molar-refractivity contribution in [3.63, 3.8) is 0 Å². The van der Waals surface area contributed by atoms with E-state index in [2.05, 4.69) is 6.07 Å². The maximum Gasteiger partial charge on any atom is 0.339 e. The number of halogens is 1. The first-order valence-electron chi connectivity index (χ1n) is 5.92. The Hall–Kier alpha value is -1.73. The zero-order valence-electron chi connectivity index (χ0n) is 10.9. The second kappa shape index (κ2) is 6.44. The Balaban J connectivity index is 2.59. The predicted molar refractivity (Wildman–Crippen MR) is 72.5 cm³/mol. The highest BCUT2D eigenvalue weighted by molar-refractivity contribution is 6.31. The van der Waals surface area contributed by atoms with Gasteiger partial charge in [-0.1, -0.05) is 11.6 Å². The van der Waals surface area contributed by atoms with Crippen LogP contribution in [-0.2, 0) is 0 Å². The third-order valence-electron chi connectivity index (χ3n) is 2.68. The van der Waals surface area contributed by atoms with Gasteiger partial charge < -0.3 is 9.84 Å². The van der Waals surface area contributed by atoms with E-state index in [0.29, 0.717) is 30.2 Å². The summed E-state index contributed by atoms with van der Waals surface area (Å²) in [6, 6.07) is 6.70. The summed E-state index contributed by atoms with van der Waals surface area (Å²) in [5, 5.41) is 18.3. The highest BCUT2D eigenvalue weighted by Crippen LogP contribution is 2.24. The summed E-state index contributed by atoms with van der Waals surface area (Å²) in [6.45, 7) is 4.09. The first-order chi connectivity index (χ1) is 8.85. The van der Waals surface area contributed by atoms with Crippen molar-refractivity contribution in [1.82, 2.24) is 0 Å². The van der Waals surface area contributed by atoms with Gasteiger partial charge in [-0.05, 0) is 44.9 Å². The van der Waals surface area contributed by atoms with Crippen molar-refractivity contribution in [1.29, 1.82) is 5.26 Å². The van der Waals surface area contributed by atoms with Gasteiger partial charge in [0.25, 0.3) is 0 Å². The Kier molecular flexibility index (Phi) is 5.20. The molecule has 5 heteroatoms. The molecule has 0 atom stereocenters. The number of carboxylic acids is 1. The standard InChI is InChI=1S/C14H16ClNO3/c1-14(2,9-16)6-3-7-19-12-5-4-10(15)8-11(12)13(17)18/h4-5,8H,3,6-7H2,1-2H3,(H,17,18). The molecule has 0 bridgehead atoms. The molecule has 1 aromatic rings. The minimum atomic E-state index is -1.07. The monoisotopic (exact) mass is 281 g/mol. The maximum absolute atomic E-state index is 11.0. The van der Waals surface area contributed by atoms with Crippen LogP contribution in [0.5, 0.6) is 5.75 Å². The molecule has 0 unspecified atom stereocenters. The lowest BCUT2D eigenvalue weighted by Gasteiger charge is -2.15. The number of nitriles is 1. The third kappa shape index (κ3) is 4.80. The summed E-state index contributed by atoms with van der Waals surface area (Å²) >= 11 is 5.75. The van der Waals surface area contributed by atoms with E-state index >= 15 is 0 Å². The smallest absolute Gasteiger partial charge is 0.339 e. The van der Waals surface area contributed by atoms with Gasteiger partial charge >= 0.3 is 5.97 Å². The molecular weight excluding hydrogens is 266 g/mol. The minimum Gasteiger partial charge on any atom is -0.493 e. The number of aromatic carboxylic acids is 1. The van der Waals surface area contributed by atoms with Gasteiger partial charge in [0, 0.05) is 5.02 Å². The molecule has 1 aromatic carbocycles. The Morgan fingerprint density at radius 1 is 1.53 bits per heavy atom. The Bertz CT molecular complexity index is 506. The molecule has 0 amide bonds. The number of hydrogen-bond donors (Lipinski definition) is 1. The molecule has 0 aliphatic rings. The van der Waals surface area contributed by atoms with Gasteiger partial charge in [-0.25, -0.2) is 4.79 Å². The second-order valence-corrected chi connectivity index (χ2v) is 5.33. The average Bonchev–Trinajstić information content (AvgIpc) is 2.36. The SMILES string of the molecule is CC(C)(C#N)CCCOc1ccc(Cl)cc1C(=O)O. The molecule has 0 fully saturated rings. The van der Waals surface area contributed by atoms with Crippen LogP contribution >= 0.6 is 11.6 Å². The fourth-order valence-electron chi connectivity index (χ4n) is 1.55. The van der Waals surface area contributed by atoms with Crippen molar-refractivity contribution in [3.8, 4) is 11.8 Å². The molecule has 4 nitrogen and oxygen atoms in total. The van der Waals surface area contributed by atoms with Crippen molar-refractivity contribution in [2.75, 3.05) is 6.61 Å². The fraction of sp³-hybridized carbons (Fsp3) is 0.429. The van der Waals surface area contributed by atoms with Crippen LogP contribution in [0.25, 0.3) is 0 Å². The van der Waals surface area contributed by atoms with Gasteiger partial charge in [-0.3, -0.25) is 0 Å². The molecule has 0 radical (unpaired) electrons. The van der Waals surface area contributed by atoms with Crippen LogP contribution in [0, 0.1) is 16.7 Å². The average molecular weight is 282 g/mol. The van der Waals surface area contributed by atoms with Crippen LogP contribution in [0.2, 0.25) is 5.02 Å². The number of nitrogens with zero attached hydrogens (tertiary/aromatic N) is 1. The van der Waals surface area contributed by atoms with Gasteiger partial charge in [0.2, 0.25) is 0 Å². The first kappa shape index (κ1) is 15.3. The van der Waals surface area contributed by atoms with E-state index < -0.39 is 5.97 Å². The number of benzene rings is 1. The summed E-state index contributed by atoms with van der Waals surface area (Å²) in [5.41, 5.74) is -0.342. The lowest BCUT2D eigenvalue weighted by molar-refractivity contribution is 0.0692. The normalized spacial score (nSPS) is 10.8. The predicted octanol–water partition coefficient (Wildman–Crippen LogP) is 3.75. The molecule has 19 heavy (non-hydrogen) atoms. The van der Waals surface area contributed by atoms with Crippen LogP contribution in [-0.4, -0.2) is 17.7 Å². The Morgan fingerprint density at radius 2 is 2.21 bits per heavy atom. The summed E-state index contributed by atoms with van der Waals surface area (Å²) in [4.78, 5) is 11.0. The van der Waals surface area contributed by atoms with Crippen molar-refractivity contribution >= 4 is 17.6 Å². The summed E-state index contributed by atoms with van der Waals surface area (Å²) in [7, 11) is 0. The zero-order chi connectivity index (χ0) is 14.5. The van der Waals surface area contributed by atoms with Crippen LogP contribution in [0.15, 0.2) is 18.2 Å². The first-order valence-corrected chi connectivity index (χ1v) is 6.30. The molecule has 0 heterocycles. The molecule has 0 saturated carbocycles. The molecule has 1 N–H and O–H groups in total. The molecule has 0 spiro atoms. The number of ether oxygens (including phenoxy) is 1. The Morgan fingerprint density at radius 3 is 2.79 bits per heavy atom. The summed E-state index contributed by atoms with van der Waals surface area (Å²) in [5.74, 6) is -0.776. The van der Waals surface area contributed by atoms with Crippen LogP contribution in [0.4, 0.5) is 0 Å². The molecule has 0 aromatic heterocycles. The minimum absolute atomic E-state index is 0.0482. The van der Waals surface area contributed by atoms with E-state index in [9.17, 15) is 4.79 Å². The summed E-state index contributed by atoms with van der Waals surface area (Å²) < 4.78 is 5.44. The lowest BCUT2D eigenvalue weighted by Crippen LogP contribution is -2.11.